The maximum Gasteiger partial charge on any atom is 0.337 e. The molecule has 0 spiro atoms. The summed E-state index contributed by atoms with van der Waals surface area (Å²) in [6.45, 7) is 3.04. The highest BCUT2D eigenvalue weighted by Crippen LogP contribution is 2.26. The molecular weight excluding hydrogens is 596 g/mol. The van der Waals surface area contributed by atoms with Crippen LogP contribution in [-0.2, 0) is 30.4 Å². The highest BCUT2D eigenvalue weighted by molar-refractivity contribution is 5.94. The number of hydrogen-bond donors (Lipinski definition) is 6. The normalized spacial score (nSPS) is 13.9. The van der Waals surface area contributed by atoms with Crippen LogP contribution in [0.25, 0.3) is 0 Å². The number of carboxylic acids is 3. The third-order valence-corrected chi connectivity index (χ3v) is 7.65. The topological polar surface area (TPSA) is 214 Å². The van der Waals surface area contributed by atoms with Gasteiger partial charge in [-0.05, 0) is 56.3 Å². The van der Waals surface area contributed by atoms with Gasteiger partial charge < -0.3 is 36.2 Å². The van der Waals surface area contributed by atoms with Crippen LogP contribution in [0, 0.1) is 5.92 Å². The van der Waals surface area contributed by atoms with Gasteiger partial charge in [0.05, 0.1) is 18.9 Å². The summed E-state index contributed by atoms with van der Waals surface area (Å²) in [5.41, 5.74) is 2.97. The quantitative estimate of drug-likeness (QED) is 0.0585. The van der Waals surface area contributed by atoms with Gasteiger partial charge in [-0.1, -0.05) is 69.7 Å². The predicted octanol–water partition coefficient (Wildman–Crippen LogP) is 4.26. The average molecular weight is 649 g/mol. The maximum absolute atomic E-state index is 13.3. The van der Waals surface area contributed by atoms with Gasteiger partial charge in [-0.3, -0.25) is 14.4 Å². The molecule has 0 aliphatic rings. The van der Waals surface area contributed by atoms with Crippen LogP contribution in [0.1, 0.15) is 102 Å². The minimum Gasteiger partial charge on any atom is -0.494 e. The van der Waals surface area contributed by atoms with E-state index in [0.717, 1.165) is 51.0 Å². The van der Waals surface area contributed by atoms with Crippen LogP contribution in [-0.4, -0.2) is 74.8 Å². The average Bonchev–Trinajstić information content (AvgIpc) is 3.00. The van der Waals surface area contributed by atoms with E-state index in [1.54, 1.807) is 24.3 Å². The number of aliphatic hydroxyl groups is 1. The third-order valence-electron chi connectivity index (χ3n) is 7.65. The van der Waals surface area contributed by atoms with Gasteiger partial charge in [-0.25, -0.2) is 9.59 Å². The van der Waals surface area contributed by atoms with Crippen LogP contribution >= 0.6 is 0 Å². The van der Waals surface area contributed by atoms with Crippen molar-refractivity contribution in [1.29, 1.82) is 0 Å². The van der Waals surface area contributed by atoms with Gasteiger partial charge in [0.1, 0.15) is 17.6 Å². The van der Waals surface area contributed by atoms with E-state index in [1.807, 2.05) is 0 Å². The van der Waals surface area contributed by atoms with Crippen LogP contribution in [0.2, 0.25) is 0 Å². The van der Waals surface area contributed by atoms with Crippen LogP contribution in [0.15, 0.2) is 36.4 Å². The number of benzene rings is 1. The van der Waals surface area contributed by atoms with Gasteiger partial charge in [0.25, 0.3) is 0 Å². The molecule has 3 atom stereocenters. The minimum absolute atomic E-state index is 0.160. The SMILES string of the molecule is CCCCCCCC(=O)CCCCCCC=C[C@H](C(=O)N[C@@H](Cc1ccc(OCCCN)cc1)C(=O)O)[C@@](O)(CC(=O)O)C(=O)O. The van der Waals surface area contributed by atoms with Gasteiger partial charge in [0, 0.05) is 19.3 Å². The summed E-state index contributed by atoms with van der Waals surface area (Å²) in [4.78, 5) is 60.8. The molecule has 1 aromatic rings. The number of ether oxygens (including phenoxy) is 1. The van der Waals surface area contributed by atoms with Gasteiger partial charge >= 0.3 is 17.9 Å². The minimum atomic E-state index is -3.02. The summed E-state index contributed by atoms with van der Waals surface area (Å²) in [5, 5.41) is 42.0. The lowest BCUT2D eigenvalue weighted by molar-refractivity contribution is -0.172. The molecule has 0 heterocycles. The molecule has 0 saturated heterocycles. The zero-order chi connectivity index (χ0) is 34.4. The number of unbranched alkanes of at least 4 members (excludes halogenated alkanes) is 8. The van der Waals surface area contributed by atoms with E-state index >= 15 is 0 Å². The molecule has 7 N–H and O–H groups in total. The van der Waals surface area contributed by atoms with Gasteiger partial charge in [-0.15, -0.1) is 0 Å². The first-order valence-electron chi connectivity index (χ1n) is 16.3. The first-order chi connectivity index (χ1) is 21.9. The highest BCUT2D eigenvalue weighted by Gasteiger charge is 2.49. The number of rotatable bonds is 27. The molecule has 0 aliphatic heterocycles. The number of ketones is 1. The van der Waals surface area contributed by atoms with Crippen molar-refractivity contribution in [3.63, 3.8) is 0 Å². The fourth-order valence-electron chi connectivity index (χ4n) is 4.93. The molecule has 0 bridgehead atoms. The van der Waals surface area contributed by atoms with Crippen molar-refractivity contribution in [3.8, 4) is 5.75 Å². The Kier molecular flexibility index (Phi) is 19.9. The largest absolute Gasteiger partial charge is 0.494 e. The van der Waals surface area contributed by atoms with Crippen LogP contribution in [0.5, 0.6) is 5.75 Å². The van der Waals surface area contributed by atoms with Crippen LogP contribution in [0.4, 0.5) is 0 Å². The number of carbonyl (C=O) groups excluding carboxylic acids is 2. The summed E-state index contributed by atoms with van der Waals surface area (Å²) >= 11 is 0. The number of hydrogen-bond acceptors (Lipinski definition) is 8. The molecule has 1 aromatic carbocycles. The number of amides is 1. The van der Waals surface area contributed by atoms with Crippen LogP contribution in [0.3, 0.4) is 0 Å². The lowest BCUT2D eigenvalue weighted by Crippen LogP contribution is -2.55. The van der Waals surface area contributed by atoms with Crippen molar-refractivity contribution in [2.24, 2.45) is 11.7 Å². The molecule has 0 fully saturated rings. The summed E-state index contributed by atoms with van der Waals surface area (Å²) in [5.74, 6) is -7.16. The van der Waals surface area contributed by atoms with Crippen molar-refractivity contribution in [1.82, 2.24) is 5.32 Å². The second-order valence-electron chi connectivity index (χ2n) is 11.6. The lowest BCUT2D eigenvalue weighted by atomic mass is 9.82. The fraction of sp³-hybridized carbons (Fsp3) is 0.618. The maximum atomic E-state index is 13.3. The first kappa shape index (κ1) is 40.3. The zero-order valence-electron chi connectivity index (χ0n) is 27.0. The Bertz CT molecular complexity index is 1120. The molecule has 0 unspecified atom stereocenters. The van der Waals surface area contributed by atoms with E-state index in [-0.39, 0.29) is 12.2 Å². The molecule has 12 nitrogen and oxygen atoms in total. The van der Waals surface area contributed by atoms with E-state index in [0.29, 0.717) is 56.6 Å². The monoisotopic (exact) mass is 648 g/mol. The molecule has 0 saturated carbocycles. The van der Waals surface area contributed by atoms with E-state index in [9.17, 15) is 44.4 Å². The van der Waals surface area contributed by atoms with Gasteiger partial charge in [0.2, 0.25) is 5.91 Å². The standard InChI is InChI=1S/C34H52N2O10/c1-2-3-4-7-10-14-26(37)15-11-8-5-6-9-12-16-28(34(45,33(43)44)24-30(38)39)31(40)36-29(32(41)42)23-25-17-19-27(20-18-25)46-22-13-21-35/h12,16-20,28-29,45H,2-11,13-15,21-24,35H2,1H3,(H,36,40)(H,38,39)(H,41,42)(H,43,44)/t28-,29+,34+/m1/s1. The molecule has 0 radical (unpaired) electrons. The lowest BCUT2D eigenvalue weighted by Gasteiger charge is -2.29. The zero-order valence-corrected chi connectivity index (χ0v) is 27.0. The summed E-state index contributed by atoms with van der Waals surface area (Å²) in [6.07, 6.45) is 11.9. The highest BCUT2D eigenvalue weighted by atomic mass is 16.5. The Morgan fingerprint density at radius 3 is 2.04 bits per heavy atom. The number of Topliss-reactive ketones (excluding diaryl/α,β-unsaturated/α-hetero) is 1. The third kappa shape index (κ3) is 16.0. The van der Waals surface area contributed by atoms with Crippen molar-refractivity contribution in [2.75, 3.05) is 13.2 Å². The Balaban J connectivity index is 2.81. The molecule has 258 valence electrons. The van der Waals surface area contributed by atoms with E-state index < -0.39 is 47.8 Å². The number of allylic oxidation sites excluding steroid dienone is 1. The molecule has 0 aliphatic carbocycles. The second-order valence-corrected chi connectivity index (χ2v) is 11.6. The summed E-state index contributed by atoms with van der Waals surface area (Å²) in [6, 6.07) is 5.04. The van der Waals surface area contributed by atoms with E-state index in [2.05, 4.69) is 12.2 Å². The number of nitrogens with one attached hydrogen (secondary N) is 1. The smallest absolute Gasteiger partial charge is 0.337 e. The van der Waals surface area contributed by atoms with Crippen LogP contribution < -0.4 is 15.8 Å². The Morgan fingerprint density at radius 2 is 1.50 bits per heavy atom. The molecule has 46 heavy (non-hydrogen) atoms. The van der Waals surface area contributed by atoms with Crippen molar-refractivity contribution in [2.45, 2.75) is 115 Å². The number of carboxylic acid groups (broad SMARTS) is 3. The Hall–Kier alpha value is -3.77. The van der Waals surface area contributed by atoms with E-state index in [1.165, 1.54) is 12.5 Å². The van der Waals surface area contributed by atoms with E-state index in [4.69, 9.17) is 10.5 Å². The summed E-state index contributed by atoms with van der Waals surface area (Å²) < 4.78 is 5.53. The molecule has 1 rings (SSSR count). The van der Waals surface area contributed by atoms with Crippen molar-refractivity contribution >= 4 is 29.6 Å². The van der Waals surface area contributed by atoms with Gasteiger partial charge in [0.15, 0.2) is 5.60 Å². The number of aliphatic carboxylic acids is 3. The van der Waals surface area contributed by atoms with Crippen molar-refractivity contribution in [3.05, 3.63) is 42.0 Å². The predicted molar refractivity (Wildman–Crippen MR) is 172 cm³/mol. The van der Waals surface area contributed by atoms with Crippen molar-refractivity contribution < 1.29 is 49.1 Å². The van der Waals surface area contributed by atoms with Gasteiger partial charge in [-0.2, -0.15) is 0 Å². The molecule has 12 heteroatoms. The molecule has 0 aromatic heterocycles. The number of nitrogens with two attached hydrogens (primary N) is 1. The summed E-state index contributed by atoms with van der Waals surface area (Å²) in [7, 11) is 0. The molecular formula is C34H52N2O10. The molecule has 1 amide bonds. The number of carbonyl (C=O) groups is 5. The fourth-order valence-corrected chi connectivity index (χ4v) is 4.93. The Morgan fingerprint density at radius 1 is 0.891 bits per heavy atom. The second kappa shape index (κ2) is 22.7. The Labute approximate surface area is 271 Å². The first-order valence-corrected chi connectivity index (χ1v) is 16.3.